The van der Waals surface area contributed by atoms with Crippen molar-refractivity contribution in [1.82, 2.24) is 9.88 Å². The van der Waals surface area contributed by atoms with Crippen LogP contribution < -0.4 is 0 Å². The van der Waals surface area contributed by atoms with Crippen molar-refractivity contribution in [3.8, 4) is 0 Å². The Morgan fingerprint density at radius 2 is 2.25 bits per heavy atom. The first-order valence-corrected chi connectivity index (χ1v) is 5.39. The molecule has 1 heterocycles. The Kier molecular flexibility index (Phi) is 3.25. The van der Waals surface area contributed by atoms with Gasteiger partial charge in [-0.1, -0.05) is 24.8 Å². The van der Waals surface area contributed by atoms with Gasteiger partial charge in [-0.15, -0.1) is 5.73 Å². The van der Waals surface area contributed by atoms with Crippen LogP contribution in [-0.2, 0) is 6.54 Å². The standard InChI is InChI=1S/C14H16N2/c1-3-4-9-16(2)11-13-10-12-7-5-6-8-14(12)15-13/h4-8,10,15H,1,9,11H2,2H3. The molecule has 1 aromatic carbocycles. The van der Waals surface area contributed by atoms with Gasteiger partial charge in [-0.3, -0.25) is 4.90 Å². The predicted molar refractivity (Wildman–Crippen MR) is 68.3 cm³/mol. The smallest absolute Gasteiger partial charge is 0.0456 e. The lowest BCUT2D eigenvalue weighted by atomic mass is 10.2. The van der Waals surface area contributed by atoms with Gasteiger partial charge in [0.25, 0.3) is 0 Å². The van der Waals surface area contributed by atoms with Crippen LogP contribution in [0.15, 0.2) is 48.7 Å². The van der Waals surface area contributed by atoms with Crippen LogP contribution in [0.25, 0.3) is 10.9 Å². The average Bonchev–Trinajstić information content (AvgIpc) is 2.68. The summed E-state index contributed by atoms with van der Waals surface area (Å²) >= 11 is 0. The van der Waals surface area contributed by atoms with Crippen molar-refractivity contribution in [3.05, 3.63) is 54.4 Å². The van der Waals surface area contributed by atoms with Gasteiger partial charge in [0.2, 0.25) is 0 Å². The molecule has 0 bridgehead atoms. The summed E-state index contributed by atoms with van der Waals surface area (Å²) in [5.41, 5.74) is 5.22. The van der Waals surface area contributed by atoms with E-state index in [1.54, 1.807) is 0 Å². The number of aromatic amines is 1. The Morgan fingerprint density at radius 1 is 1.44 bits per heavy atom. The van der Waals surface area contributed by atoms with Gasteiger partial charge in [0.05, 0.1) is 0 Å². The highest BCUT2D eigenvalue weighted by atomic mass is 15.1. The Bertz CT molecular complexity index is 485. The molecule has 0 unspecified atom stereocenters. The van der Waals surface area contributed by atoms with Crippen molar-refractivity contribution in [1.29, 1.82) is 0 Å². The predicted octanol–water partition coefficient (Wildman–Crippen LogP) is 2.94. The Balaban J connectivity index is 2.12. The molecule has 0 saturated carbocycles. The summed E-state index contributed by atoms with van der Waals surface area (Å²) in [5, 5.41) is 1.27. The summed E-state index contributed by atoms with van der Waals surface area (Å²) in [7, 11) is 2.08. The highest BCUT2D eigenvalue weighted by Crippen LogP contribution is 2.15. The number of fused-ring (bicyclic) bond motifs is 1. The molecular weight excluding hydrogens is 196 g/mol. The third-order valence-electron chi connectivity index (χ3n) is 2.57. The molecule has 0 fully saturated rings. The molecule has 2 heteroatoms. The lowest BCUT2D eigenvalue weighted by Gasteiger charge is -2.11. The average molecular weight is 212 g/mol. The lowest BCUT2D eigenvalue weighted by molar-refractivity contribution is 0.360. The third-order valence-corrected chi connectivity index (χ3v) is 2.57. The van der Waals surface area contributed by atoms with E-state index >= 15 is 0 Å². The van der Waals surface area contributed by atoms with Crippen LogP contribution in [0.2, 0.25) is 0 Å². The van der Waals surface area contributed by atoms with Gasteiger partial charge in [0.1, 0.15) is 0 Å². The van der Waals surface area contributed by atoms with Crippen LogP contribution in [0, 0.1) is 0 Å². The first-order valence-electron chi connectivity index (χ1n) is 5.39. The number of para-hydroxylation sites is 1. The number of hydrogen-bond acceptors (Lipinski definition) is 1. The second-order valence-corrected chi connectivity index (χ2v) is 3.99. The Morgan fingerprint density at radius 3 is 3.00 bits per heavy atom. The largest absolute Gasteiger partial charge is 0.357 e. The molecule has 0 aliphatic carbocycles. The van der Waals surface area contributed by atoms with E-state index in [2.05, 4.69) is 53.5 Å². The molecule has 0 amide bonds. The zero-order valence-corrected chi connectivity index (χ0v) is 9.53. The molecule has 2 nitrogen and oxygen atoms in total. The van der Waals surface area contributed by atoms with Gasteiger partial charge in [-0.05, 0) is 30.6 Å². The van der Waals surface area contributed by atoms with Crippen LogP contribution in [-0.4, -0.2) is 23.5 Å². The van der Waals surface area contributed by atoms with Crippen LogP contribution in [0.1, 0.15) is 5.69 Å². The number of hydrogen-bond donors (Lipinski definition) is 1. The quantitative estimate of drug-likeness (QED) is 0.772. The van der Waals surface area contributed by atoms with E-state index in [0.29, 0.717) is 0 Å². The molecule has 0 aliphatic rings. The molecule has 82 valence electrons. The highest BCUT2D eigenvalue weighted by molar-refractivity contribution is 5.80. The molecule has 16 heavy (non-hydrogen) atoms. The molecule has 0 spiro atoms. The second kappa shape index (κ2) is 4.84. The van der Waals surface area contributed by atoms with Gasteiger partial charge in [0.15, 0.2) is 0 Å². The van der Waals surface area contributed by atoms with Crippen molar-refractivity contribution >= 4 is 10.9 Å². The minimum absolute atomic E-state index is 0.874. The topological polar surface area (TPSA) is 19.0 Å². The first kappa shape index (κ1) is 10.7. The summed E-state index contributed by atoms with van der Waals surface area (Å²) in [6.45, 7) is 5.34. The lowest BCUT2D eigenvalue weighted by Crippen LogP contribution is -2.17. The van der Waals surface area contributed by atoms with E-state index in [0.717, 1.165) is 13.1 Å². The summed E-state index contributed by atoms with van der Waals surface area (Å²) in [6.07, 6.45) is 1.93. The van der Waals surface area contributed by atoms with Crippen molar-refractivity contribution in [3.63, 3.8) is 0 Å². The fourth-order valence-electron chi connectivity index (χ4n) is 1.79. The van der Waals surface area contributed by atoms with Crippen LogP contribution in [0.5, 0.6) is 0 Å². The SMILES string of the molecule is C=C=CCN(C)Cc1cc2ccccc2[nH]1. The van der Waals surface area contributed by atoms with Gasteiger partial charge >= 0.3 is 0 Å². The van der Waals surface area contributed by atoms with Crippen LogP contribution in [0.3, 0.4) is 0 Å². The molecule has 0 saturated heterocycles. The van der Waals surface area contributed by atoms with E-state index in [1.165, 1.54) is 16.6 Å². The van der Waals surface area contributed by atoms with Crippen molar-refractivity contribution in [2.75, 3.05) is 13.6 Å². The van der Waals surface area contributed by atoms with E-state index in [4.69, 9.17) is 0 Å². The van der Waals surface area contributed by atoms with Crippen molar-refractivity contribution in [2.45, 2.75) is 6.54 Å². The number of benzene rings is 1. The van der Waals surface area contributed by atoms with Crippen molar-refractivity contribution in [2.24, 2.45) is 0 Å². The maximum absolute atomic E-state index is 3.56. The molecular formula is C14H16N2. The Labute approximate surface area is 95.9 Å². The summed E-state index contributed by atoms with van der Waals surface area (Å²) < 4.78 is 0. The number of likely N-dealkylation sites (N-methyl/N-ethyl adjacent to an activating group) is 1. The zero-order valence-electron chi connectivity index (χ0n) is 9.53. The molecule has 2 aromatic rings. The molecule has 0 atom stereocenters. The number of nitrogens with one attached hydrogen (secondary N) is 1. The molecule has 1 aromatic heterocycles. The van der Waals surface area contributed by atoms with E-state index in [9.17, 15) is 0 Å². The second-order valence-electron chi connectivity index (χ2n) is 3.99. The van der Waals surface area contributed by atoms with Gasteiger partial charge in [0, 0.05) is 24.3 Å². The van der Waals surface area contributed by atoms with E-state index < -0.39 is 0 Å². The maximum atomic E-state index is 3.56. The molecule has 2 rings (SSSR count). The fraction of sp³-hybridized carbons (Fsp3) is 0.214. The fourth-order valence-corrected chi connectivity index (χ4v) is 1.79. The number of H-pyrrole nitrogens is 1. The third kappa shape index (κ3) is 2.43. The molecule has 1 N–H and O–H groups in total. The van der Waals surface area contributed by atoms with E-state index in [-0.39, 0.29) is 0 Å². The van der Waals surface area contributed by atoms with Gasteiger partial charge in [-0.25, -0.2) is 0 Å². The summed E-state index contributed by atoms with van der Waals surface area (Å²) in [4.78, 5) is 5.62. The van der Waals surface area contributed by atoms with Crippen LogP contribution in [0.4, 0.5) is 0 Å². The van der Waals surface area contributed by atoms with Crippen molar-refractivity contribution < 1.29 is 0 Å². The minimum atomic E-state index is 0.874. The maximum Gasteiger partial charge on any atom is 0.0456 e. The van der Waals surface area contributed by atoms with Gasteiger partial charge < -0.3 is 4.98 Å². The normalized spacial score (nSPS) is 10.6. The van der Waals surface area contributed by atoms with Crippen LogP contribution >= 0.6 is 0 Å². The van der Waals surface area contributed by atoms with E-state index in [1.807, 2.05) is 12.1 Å². The number of nitrogens with zero attached hydrogens (tertiary/aromatic N) is 1. The van der Waals surface area contributed by atoms with Gasteiger partial charge in [-0.2, -0.15) is 0 Å². The zero-order chi connectivity index (χ0) is 11.4. The number of rotatable bonds is 4. The number of aromatic nitrogens is 1. The highest BCUT2D eigenvalue weighted by Gasteiger charge is 2.02. The Hall–Kier alpha value is -1.76. The summed E-state index contributed by atoms with van der Waals surface area (Å²) in [6, 6.07) is 10.5. The molecule has 0 aliphatic heterocycles. The first-order chi connectivity index (χ1) is 7.79. The minimum Gasteiger partial charge on any atom is -0.357 e. The molecule has 0 radical (unpaired) electrons. The monoisotopic (exact) mass is 212 g/mol. The summed E-state index contributed by atoms with van der Waals surface area (Å²) in [5.74, 6) is 0.